The maximum atomic E-state index is 3.45. The van der Waals surface area contributed by atoms with Crippen molar-refractivity contribution in [3.63, 3.8) is 0 Å². The van der Waals surface area contributed by atoms with Gasteiger partial charge in [0.2, 0.25) is 0 Å². The molecule has 1 N–H and O–H groups in total. The number of hydrogen-bond donors (Lipinski definition) is 1. The van der Waals surface area contributed by atoms with Crippen molar-refractivity contribution in [3.8, 4) is 0 Å². The first-order valence-corrected chi connectivity index (χ1v) is 6.34. The third-order valence-electron chi connectivity index (χ3n) is 3.97. The van der Waals surface area contributed by atoms with Crippen molar-refractivity contribution in [2.24, 2.45) is 0 Å². The molecule has 0 radical (unpaired) electrons. The van der Waals surface area contributed by atoms with Crippen molar-refractivity contribution in [2.75, 3.05) is 26.7 Å². The molecule has 1 atom stereocenters. The van der Waals surface area contributed by atoms with Crippen LogP contribution in [0.2, 0.25) is 0 Å². The Bertz CT molecular complexity index is 380. The van der Waals surface area contributed by atoms with Crippen LogP contribution in [0.5, 0.6) is 0 Å². The third-order valence-corrected chi connectivity index (χ3v) is 3.97. The molecule has 1 aromatic rings. The molecule has 0 saturated carbocycles. The monoisotopic (exact) mass is 216 g/mol. The molecule has 1 unspecified atom stereocenters. The molecule has 2 nitrogen and oxygen atoms in total. The Morgan fingerprint density at radius 3 is 3.06 bits per heavy atom. The Morgan fingerprint density at radius 2 is 2.25 bits per heavy atom. The molecule has 0 amide bonds. The van der Waals surface area contributed by atoms with Gasteiger partial charge in [-0.05, 0) is 49.0 Å². The second kappa shape index (κ2) is 4.19. The molecule has 2 aliphatic heterocycles. The standard InChI is InChI=1S/C14H20N2/c1-16-7-5-12-8-11(2-3-14(12)10-16)13-4-6-15-9-13/h2-3,8,13,15H,4-7,9-10H2,1H3. The van der Waals surface area contributed by atoms with Gasteiger partial charge in [-0.25, -0.2) is 0 Å². The normalized spacial score (nSPS) is 25.7. The Hall–Kier alpha value is -0.860. The molecular formula is C14H20N2. The van der Waals surface area contributed by atoms with Crippen molar-refractivity contribution in [2.45, 2.75) is 25.3 Å². The fourth-order valence-corrected chi connectivity index (χ4v) is 2.91. The van der Waals surface area contributed by atoms with E-state index in [1.165, 1.54) is 38.0 Å². The molecule has 1 fully saturated rings. The highest BCUT2D eigenvalue weighted by Crippen LogP contribution is 2.26. The van der Waals surface area contributed by atoms with E-state index in [9.17, 15) is 0 Å². The van der Waals surface area contributed by atoms with Gasteiger partial charge in [-0.1, -0.05) is 18.2 Å². The van der Waals surface area contributed by atoms with Crippen LogP contribution in [-0.2, 0) is 13.0 Å². The van der Waals surface area contributed by atoms with E-state index in [1.54, 1.807) is 11.1 Å². The lowest BCUT2D eigenvalue weighted by Crippen LogP contribution is -2.26. The van der Waals surface area contributed by atoms with E-state index in [-0.39, 0.29) is 0 Å². The minimum absolute atomic E-state index is 0.755. The SMILES string of the molecule is CN1CCc2cc(C3CCNC3)ccc2C1. The molecule has 1 aromatic carbocycles. The quantitative estimate of drug-likeness (QED) is 0.769. The lowest BCUT2D eigenvalue weighted by Gasteiger charge is -2.26. The number of rotatable bonds is 1. The lowest BCUT2D eigenvalue weighted by molar-refractivity contribution is 0.313. The van der Waals surface area contributed by atoms with Gasteiger partial charge in [-0.2, -0.15) is 0 Å². The van der Waals surface area contributed by atoms with E-state index in [2.05, 4.69) is 35.5 Å². The predicted octanol–water partition coefficient (Wildman–Crippen LogP) is 1.75. The van der Waals surface area contributed by atoms with Gasteiger partial charge < -0.3 is 10.2 Å². The number of hydrogen-bond acceptors (Lipinski definition) is 2. The highest BCUT2D eigenvalue weighted by Gasteiger charge is 2.19. The van der Waals surface area contributed by atoms with Crippen molar-refractivity contribution < 1.29 is 0 Å². The second-order valence-corrected chi connectivity index (χ2v) is 5.21. The Kier molecular flexibility index (Phi) is 2.70. The smallest absolute Gasteiger partial charge is 0.0233 e. The van der Waals surface area contributed by atoms with Crippen LogP contribution in [0.15, 0.2) is 18.2 Å². The highest BCUT2D eigenvalue weighted by molar-refractivity contribution is 5.35. The minimum Gasteiger partial charge on any atom is -0.316 e. The van der Waals surface area contributed by atoms with Gasteiger partial charge in [-0.3, -0.25) is 0 Å². The molecule has 0 aromatic heterocycles. The maximum absolute atomic E-state index is 3.45. The zero-order valence-electron chi connectivity index (χ0n) is 10.00. The summed E-state index contributed by atoms with van der Waals surface area (Å²) in [7, 11) is 2.21. The van der Waals surface area contributed by atoms with Crippen molar-refractivity contribution in [1.29, 1.82) is 0 Å². The molecule has 2 aliphatic rings. The van der Waals surface area contributed by atoms with Gasteiger partial charge in [-0.15, -0.1) is 0 Å². The molecule has 16 heavy (non-hydrogen) atoms. The van der Waals surface area contributed by atoms with Crippen LogP contribution in [0, 0.1) is 0 Å². The number of fused-ring (bicyclic) bond motifs is 1. The first-order chi connectivity index (χ1) is 7.83. The summed E-state index contributed by atoms with van der Waals surface area (Å²) < 4.78 is 0. The molecule has 0 aliphatic carbocycles. The largest absolute Gasteiger partial charge is 0.316 e. The topological polar surface area (TPSA) is 15.3 Å². The Morgan fingerprint density at radius 1 is 1.31 bits per heavy atom. The number of nitrogens with one attached hydrogen (secondary N) is 1. The van der Waals surface area contributed by atoms with Gasteiger partial charge >= 0.3 is 0 Å². The first-order valence-electron chi connectivity index (χ1n) is 6.34. The van der Waals surface area contributed by atoms with Crippen LogP contribution < -0.4 is 5.32 Å². The summed E-state index contributed by atoms with van der Waals surface area (Å²) in [6.07, 6.45) is 2.53. The van der Waals surface area contributed by atoms with Gasteiger partial charge in [0.15, 0.2) is 0 Å². The van der Waals surface area contributed by atoms with E-state index >= 15 is 0 Å². The van der Waals surface area contributed by atoms with E-state index < -0.39 is 0 Å². The summed E-state index contributed by atoms with van der Waals surface area (Å²) >= 11 is 0. The fourth-order valence-electron chi connectivity index (χ4n) is 2.91. The summed E-state index contributed by atoms with van der Waals surface area (Å²) in [5.74, 6) is 0.755. The van der Waals surface area contributed by atoms with E-state index in [0.29, 0.717) is 0 Å². The van der Waals surface area contributed by atoms with Crippen molar-refractivity contribution in [1.82, 2.24) is 10.2 Å². The van der Waals surface area contributed by atoms with Crippen molar-refractivity contribution in [3.05, 3.63) is 34.9 Å². The van der Waals surface area contributed by atoms with Gasteiger partial charge in [0, 0.05) is 19.6 Å². The molecule has 2 heterocycles. The highest BCUT2D eigenvalue weighted by atomic mass is 15.1. The summed E-state index contributed by atoms with van der Waals surface area (Å²) in [5.41, 5.74) is 4.67. The van der Waals surface area contributed by atoms with E-state index in [4.69, 9.17) is 0 Å². The maximum Gasteiger partial charge on any atom is 0.0233 e. The van der Waals surface area contributed by atoms with Gasteiger partial charge in [0.1, 0.15) is 0 Å². The summed E-state index contributed by atoms with van der Waals surface area (Å²) in [5, 5.41) is 3.45. The molecule has 86 valence electrons. The third kappa shape index (κ3) is 1.87. The number of benzene rings is 1. The summed E-state index contributed by atoms with van der Waals surface area (Å²) in [4.78, 5) is 2.40. The zero-order valence-corrected chi connectivity index (χ0v) is 10.00. The average Bonchev–Trinajstić information content (AvgIpc) is 2.82. The van der Waals surface area contributed by atoms with Crippen LogP contribution >= 0.6 is 0 Å². The molecular weight excluding hydrogens is 196 g/mol. The van der Waals surface area contributed by atoms with E-state index in [1.807, 2.05) is 0 Å². The number of nitrogens with zero attached hydrogens (tertiary/aromatic N) is 1. The molecule has 3 rings (SSSR count). The molecule has 2 heteroatoms. The van der Waals surface area contributed by atoms with Gasteiger partial charge in [0.05, 0.1) is 0 Å². The van der Waals surface area contributed by atoms with Crippen LogP contribution in [0.3, 0.4) is 0 Å². The lowest BCUT2D eigenvalue weighted by atomic mass is 9.91. The molecule has 0 bridgehead atoms. The van der Waals surface area contributed by atoms with Gasteiger partial charge in [0.25, 0.3) is 0 Å². The molecule has 0 spiro atoms. The predicted molar refractivity (Wildman–Crippen MR) is 66.7 cm³/mol. The van der Waals surface area contributed by atoms with Crippen LogP contribution in [-0.4, -0.2) is 31.6 Å². The van der Waals surface area contributed by atoms with Crippen LogP contribution in [0.25, 0.3) is 0 Å². The van der Waals surface area contributed by atoms with Crippen LogP contribution in [0.1, 0.15) is 29.0 Å². The Labute approximate surface area is 97.6 Å². The summed E-state index contributed by atoms with van der Waals surface area (Å²) in [6, 6.07) is 7.15. The Balaban J connectivity index is 1.87. The summed E-state index contributed by atoms with van der Waals surface area (Å²) in [6.45, 7) is 4.68. The second-order valence-electron chi connectivity index (χ2n) is 5.21. The first kappa shape index (κ1) is 10.3. The minimum atomic E-state index is 0.755. The number of likely N-dealkylation sites (N-methyl/N-ethyl adjacent to an activating group) is 1. The van der Waals surface area contributed by atoms with E-state index in [0.717, 1.165) is 12.5 Å². The average molecular weight is 216 g/mol. The zero-order chi connectivity index (χ0) is 11.0. The fraction of sp³-hybridized carbons (Fsp3) is 0.571. The molecule has 1 saturated heterocycles. The van der Waals surface area contributed by atoms with Crippen molar-refractivity contribution >= 4 is 0 Å². The van der Waals surface area contributed by atoms with Crippen LogP contribution in [0.4, 0.5) is 0 Å².